The molecule has 0 bridgehead atoms. The monoisotopic (exact) mass is 498 g/mol. The second kappa shape index (κ2) is 11.3. The molecule has 4 rings (SSSR count). The largest absolute Gasteiger partial charge is 0.493 e. The fourth-order valence-corrected chi connectivity index (χ4v) is 4.15. The lowest BCUT2D eigenvalue weighted by Crippen LogP contribution is -2.51. The van der Waals surface area contributed by atoms with Crippen LogP contribution in [0.25, 0.3) is 0 Å². The van der Waals surface area contributed by atoms with Crippen LogP contribution in [-0.4, -0.2) is 64.4 Å². The van der Waals surface area contributed by atoms with Gasteiger partial charge in [0.1, 0.15) is 5.75 Å². The fourth-order valence-electron chi connectivity index (χ4n) is 3.76. The third-order valence-electron chi connectivity index (χ3n) is 5.59. The standard InChI is InChI=1S/C25H24Cl2N4O3/c26-20-5-1-3-18(15-20)7-14-34-21-6-2-4-19(16-21)25(33)31-12-10-30(11-13-31)23(32)17-22-24(27)29-9-8-28-22/h1-6,8-9,15-16H,7,10-14,17H2. The zero-order valence-corrected chi connectivity index (χ0v) is 20.0. The maximum atomic E-state index is 13.0. The van der Waals surface area contributed by atoms with E-state index in [1.807, 2.05) is 36.4 Å². The lowest BCUT2D eigenvalue weighted by atomic mass is 10.1. The van der Waals surface area contributed by atoms with Crippen LogP contribution in [0.15, 0.2) is 60.9 Å². The average Bonchev–Trinajstić information content (AvgIpc) is 2.85. The van der Waals surface area contributed by atoms with E-state index in [4.69, 9.17) is 27.9 Å². The van der Waals surface area contributed by atoms with E-state index < -0.39 is 0 Å². The molecule has 0 N–H and O–H groups in total. The third-order valence-corrected chi connectivity index (χ3v) is 6.14. The minimum Gasteiger partial charge on any atom is -0.493 e. The highest BCUT2D eigenvalue weighted by molar-refractivity contribution is 6.30. The van der Waals surface area contributed by atoms with Gasteiger partial charge in [-0.1, -0.05) is 41.4 Å². The van der Waals surface area contributed by atoms with Crippen molar-refractivity contribution in [2.75, 3.05) is 32.8 Å². The van der Waals surface area contributed by atoms with Gasteiger partial charge in [0, 0.05) is 55.6 Å². The smallest absolute Gasteiger partial charge is 0.254 e. The van der Waals surface area contributed by atoms with Crippen molar-refractivity contribution in [1.29, 1.82) is 0 Å². The van der Waals surface area contributed by atoms with Crippen LogP contribution >= 0.6 is 23.2 Å². The molecule has 1 aliphatic heterocycles. The summed E-state index contributed by atoms with van der Waals surface area (Å²) in [5.41, 5.74) is 2.11. The molecule has 1 aromatic heterocycles. The van der Waals surface area contributed by atoms with Crippen LogP contribution in [0.1, 0.15) is 21.6 Å². The molecule has 0 aliphatic carbocycles. The Morgan fingerprint density at radius 2 is 1.65 bits per heavy atom. The van der Waals surface area contributed by atoms with E-state index in [0.29, 0.717) is 61.2 Å². The van der Waals surface area contributed by atoms with Gasteiger partial charge < -0.3 is 14.5 Å². The van der Waals surface area contributed by atoms with Crippen molar-refractivity contribution in [1.82, 2.24) is 19.8 Å². The van der Waals surface area contributed by atoms with Crippen molar-refractivity contribution >= 4 is 35.0 Å². The van der Waals surface area contributed by atoms with Gasteiger partial charge in [-0.15, -0.1) is 0 Å². The van der Waals surface area contributed by atoms with Crippen molar-refractivity contribution < 1.29 is 14.3 Å². The molecule has 0 atom stereocenters. The van der Waals surface area contributed by atoms with Gasteiger partial charge in [-0.25, -0.2) is 4.98 Å². The summed E-state index contributed by atoms with van der Waals surface area (Å²) in [6, 6.07) is 14.8. The molecule has 2 heterocycles. The average molecular weight is 499 g/mol. The molecule has 7 nitrogen and oxygen atoms in total. The number of carbonyl (C=O) groups is 2. The van der Waals surface area contributed by atoms with E-state index >= 15 is 0 Å². The molecular weight excluding hydrogens is 475 g/mol. The van der Waals surface area contributed by atoms with E-state index in [1.54, 1.807) is 21.9 Å². The summed E-state index contributed by atoms with van der Waals surface area (Å²) in [5.74, 6) is 0.483. The van der Waals surface area contributed by atoms with Gasteiger partial charge in [-0.05, 0) is 35.9 Å². The Hall–Kier alpha value is -3.16. The Morgan fingerprint density at radius 3 is 2.41 bits per heavy atom. The molecule has 0 saturated carbocycles. The predicted molar refractivity (Wildman–Crippen MR) is 130 cm³/mol. The van der Waals surface area contributed by atoms with Crippen LogP contribution in [0.2, 0.25) is 10.2 Å². The summed E-state index contributed by atoms with van der Waals surface area (Å²) in [4.78, 5) is 37.2. The molecule has 2 amide bonds. The number of carbonyl (C=O) groups excluding carboxylic acids is 2. The van der Waals surface area contributed by atoms with E-state index in [2.05, 4.69) is 9.97 Å². The number of halogens is 2. The van der Waals surface area contributed by atoms with Crippen LogP contribution in [0.5, 0.6) is 5.75 Å². The number of nitrogens with zero attached hydrogens (tertiary/aromatic N) is 4. The number of benzene rings is 2. The van der Waals surface area contributed by atoms with Gasteiger partial charge in [0.2, 0.25) is 5.91 Å². The highest BCUT2D eigenvalue weighted by Gasteiger charge is 2.25. The Balaban J connectivity index is 1.28. The van der Waals surface area contributed by atoms with Gasteiger partial charge >= 0.3 is 0 Å². The number of piperazine rings is 1. The summed E-state index contributed by atoms with van der Waals surface area (Å²) in [7, 11) is 0. The number of hydrogen-bond acceptors (Lipinski definition) is 5. The maximum Gasteiger partial charge on any atom is 0.254 e. The van der Waals surface area contributed by atoms with E-state index in [-0.39, 0.29) is 23.4 Å². The van der Waals surface area contributed by atoms with Gasteiger partial charge in [0.25, 0.3) is 5.91 Å². The van der Waals surface area contributed by atoms with Crippen LogP contribution in [-0.2, 0) is 17.6 Å². The number of rotatable bonds is 7. The number of hydrogen-bond donors (Lipinski definition) is 0. The van der Waals surface area contributed by atoms with Crippen molar-refractivity contribution in [2.45, 2.75) is 12.8 Å². The number of aromatic nitrogens is 2. The van der Waals surface area contributed by atoms with Crippen LogP contribution in [0, 0.1) is 0 Å². The summed E-state index contributed by atoms with van der Waals surface area (Å²) >= 11 is 12.0. The van der Waals surface area contributed by atoms with E-state index in [0.717, 1.165) is 5.56 Å². The third kappa shape index (κ3) is 6.24. The first-order chi connectivity index (χ1) is 16.5. The van der Waals surface area contributed by atoms with E-state index in [1.165, 1.54) is 12.4 Å². The first-order valence-corrected chi connectivity index (χ1v) is 11.7. The van der Waals surface area contributed by atoms with Gasteiger partial charge in [-0.3, -0.25) is 14.6 Å². The zero-order valence-electron chi connectivity index (χ0n) is 18.5. The lowest BCUT2D eigenvalue weighted by Gasteiger charge is -2.35. The Kier molecular flexibility index (Phi) is 7.98. The number of ether oxygens (including phenoxy) is 1. The first kappa shape index (κ1) is 24.0. The normalized spacial score (nSPS) is 13.6. The molecule has 9 heteroatoms. The minimum atomic E-state index is -0.0793. The quantitative estimate of drug-likeness (QED) is 0.493. The second-order valence-corrected chi connectivity index (χ2v) is 8.69. The Labute approximate surface area is 208 Å². The van der Waals surface area contributed by atoms with Crippen molar-refractivity contribution in [3.8, 4) is 5.75 Å². The maximum absolute atomic E-state index is 13.0. The molecule has 0 radical (unpaired) electrons. The van der Waals surface area contributed by atoms with Crippen LogP contribution in [0.3, 0.4) is 0 Å². The van der Waals surface area contributed by atoms with Crippen LogP contribution < -0.4 is 4.74 Å². The first-order valence-electron chi connectivity index (χ1n) is 11.0. The second-order valence-electron chi connectivity index (χ2n) is 7.90. The Bertz CT molecular complexity index is 1170. The van der Waals surface area contributed by atoms with Crippen molar-refractivity contribution in [3.05, 3.63) is 87.9 Å². The summed E-state index contributed by atoms with van der Waals surface area (Å²) in [5, 5.41) is 0.934. The van der Waals surface area contributed by atoms with Crippen molar-refractivity contribution in [3.63, 3.8) is 0 Å². The molecule has 176 valence electrons. The van der Waals surface area contributed by atoms with Gasteiger partial charge in [-0.2, -0.15) is 0 Å². The SMILES string of the molecule is O=C(Cc1nccnc1Cl)N1CCN(C(=O)c2cccc(OCCc3cccc(Cl)c3)c2)CC1. The molecular formula is C25H24Cl2N4O3. The molecule has 0 spiro atoms. The summed E-state index contributed by atoms with van der Waals surface area (Å²) in [6.45, 7) is 2.31. The lowest BCUT2D eigenvalue weighted by molar-refractivity contribution is -0.132. The van der Waals surface area contributed by atoms with Crippen molar-refractivity contribution in [2.24, 2.45) is 0 Å². The molecule has 2 aromatic carbocycles. The topological polar surface area (TPSA) is 75.6 Å². The Morgan fingerprint density at radius 1 is 0.912 bits per heavy atom. The fraction of sp³-hybridized carbons (Fsp3) is 0.280. The highest BCUT2D eigenvalue weighted by Crippen LogP contribution is 2.18. The summed E-state index contributed by atoms with van der Waals surface area (Å²) < 4.78 is 5.85. The molecule has 3 aromatic rings. The highest BCUT2D eigenvalue weighted by atomic mass is 35.5. The number of amides is 2. The van der Waals surface area contributed by atoms with Gasteiger partial charge in [0.15, 0.2) is 5.15 Å². The minimum absolute atomic E-state index is 0.0791. The zero-order chi connectivity index (χ0) is 23.9. The molecule has 34 heavy (non-hydrogen) atoms. The molecule has 0 unspecified atom stereocenters. The molecule has 1 saturated heterocycles. The summed E-state index contributed by atoms with van der Waals surface area (Å²) in [6.07, 6.45) is 3.81. The predicted octanol–water partition coefficient (Wildman–Crippen LogP) is 3.93. The molecule has 1 aliphatic rings. The molecule has 1 fully saturated rings. The van der Waals surface area contributed by atoms with E-state index in [9.17, 15) is 9.59 Å². The van der Waals surface area contributed by atoms with Crippen LogP contribution in [0.4, 0.5) is 0 Å². The van der Waals surface area contributed by atoms with Gasteiger partial charge in [0.05, 0.1) is 18.7 Å².